The number of pyridine rings is 2. The Labute approximate surface area is 171 Å². The van der Waals surface area contributed by atoms with Gasteiger partial charge in [0.15, 0.2) is 0 Å². The van der Waals surface area contributed by atoms with Crippen LogP contribution in [-0.4, -0.2) is 28.8 Å². The second kappa shape index (κ2) is 9.25. The van der Waals surface area contributed by atoms with Crippen LogP contribution in [0.1, 0.15) is 23.7 Å². The fourth-order valence-corrected chi connectivity index (χ4v) is 2.66. The molecule has 0 saturated heterocycles. The van der Waals surface area contributed by atoms with Crippen molar-refractivity contribution in [1.82, 2.24) is 9.97 Å². The highest BCUT2D eigenvalue weighted by Crippen LogP contribution is 2.28. The van der Waals surface area contributed by atoms with Crippen molar-refractivity contribution in [2.75, 3.05) is 17.2 Å². The molecule has 0 bridgehead atoms. The van der Waals surface area contributed by atoms with E-state index in [9.17, 15) is 18.0 Å². The van der Waals surface area contributed by atoms with Crippen molar-refractivity contribution in [3.63, 3.8) is 0 Å². The molecular formula is C21H19F3N4O2. The summed E-state index contributed by atoms with van der Waals surface area (Å²) in [6.07, 6.45) is 0.902. The summed E-state index contributed by atoms with van der Waals surface area (Å²) in [6.45, 7) is 2.75. The quantitative estimate of drug-likeness (QED) is 0.559. The number of rotatable bonds is 7. The third kappa shape index (κ3) is 5.69. The monoisotopic (exact) mass is 416 g/mol. The highest BCUT2D eigenvalue weighted by atomic mass is 19.4. The molecule has 0 aliphatic heterocycles. The van der Waals surface area contributed by atoms with E-state index >= 15 is 0 Å². The van der Waals surface area contributed by atoms with Crippen molar-refractivity contribution in [2.24, 2.45) is 0 Å². The lowest BCUT2D eigenvalue weighted by atomic mass is 10.1. The summed E-state index contributed by atoms with van der Waals surface area (Å²) in [4.78, 5) is 21.1. The van der Waals surface area contributed by atoms with Gasteiger partial charge in [-0.25, -0.2) is 4.98 Å². The third-order valence-electron chi connectivity index (χ3n) is 4.01. The lowest BCUT2D eigenvalue weighted by molar-refractivity contribution is -0.274. The predicted molar refractivity (Wildman–Crippen MR) is 107 cm³/mol. The van der Waals surface area contributed by atoms with Crippen LogP contribution in [0.5, 0.6) is 5.75 Å². The third-order valence-corrected chi connectivity index (χ3v) is 4.01. The van der Waals surface area contributed by atoms with Gasteiger partial charge in [0.25, 0.3) is 5.91 Å². The molecule has 2 N–H and O–H groups in total. The van der Waals surface area contributed by atoms with E-state index in [1.165, 1.54) is 18.3 Å². The number of amides is 1. The number of ether oxygens (including phenoxy) is 1. The number of carbonyl (C=O) groups excluding carboxylic acids is 1. The molecule has 3 rings (SSSR count). The summed E-state index contributed by atoms with van der Waals surface area (Å²) >= 11 is 0. The van der Waals surface area contributed by atoms with Gasteiger partial charge in [-0.2, -0.15) is 0 Å². The Morgan fingerprint density at radius 1 is 1.13 bits per heavy atom. The fourth-order valence-electron chi connectivity index (χ4n) is 2.66. The number of hydrogen-bond donors (Lipinski definition) is 2. The van der Waals surface area contributed by atoms with Gasteiger partial charge in [-0.1, -0.05) is 13.0 Å². The maximum atomic E-state index is 12.6. The summed E-state index contributed by atoms with van der Waals surface area (Å²) in [5.74, 6) is -0.179. The van der Waals surface area contributed by atoms with Crippen molar-refractivity contribution in [2.45, 2.75) is 19.7 Å². The molecule has 0 aliphatic rings. The van der Waals surface area contributed by atoms with Gasteiger partial charge in [0.2, 0.25) is 0 Å². The van der Waals surface area contributed by atoms with Gasteiger partial charge in [0.05, 0.1) is 5.56 Å². The Bertz CT molecular complexity index is 993. The molecule has 30 heavy (non-hydrogen) atoms. The normalized spacial score (nSPS) is 11.1. The molecule has 1 amide bonds. The van der Waals surface area contributed by atoms with Gasteiger partial charge in [0.1, 0.15) is 11.6 Å². The van der Waals surface area contributed by atoms with Gasteiger partial charge in [0, 0.05) is 41.9 Å². The van der Waals surface area contributed by atoms with Crippen LogP contribution in [0.2, 0.25) is 0 Å². The van der Waals surface area contributed by atoms with E-state index < -0.39 is 12.3 Å². The van der Waals surface area contributed by atoms with E-state index in [4.69, 9.17) is 0 Å². The van der Waals surface area contributed by atoms with E-state index in [1.807, 2.05) is 13.0 Å². The second-order valence-electron chi connectivity index (χ2n) is 6.31. The summed E-state index contributed by atoms with van der Waals surface area (Å²) in [5, 5.41) is 5.86. The number of anilines is 2. The molecular weight excluding hydrogens is 397 g/mol. The average molecular weight is 416 g/mol. The Kier molecular flexibility index (Phi) is 6.51. The molecule has 2 aromatic heterocycles. The summed E-state index contributed by atoms with van der Waals surface area (Å²) in [6, 6.07) is 10.2. The van der Waals surface area contributed by atoms with Crippen LogP contribution in [0.4, 0.5) is 24.7 Å². The Balaban J connectivity index is 1.80. The number of hydrogen-bond acceptors (Lipinski definition) is 5. The zero-order valence-electron chi connectivity index (χ0n) is 16.0. The van der Waals surface area contributed by atoms with Crippen molar-refractivity contribution >= 4 is 17.4 Å². The number of nitrogens with one attached hydrogen (secondary N) is 2. The van der Waals surface area contributed by atoms with E-state index in [2.05, 4.69) is 25.3 Å². The van der Waals surface area contributed by atoms with Crippen LogP contribution in [-0.2, 0) is 0 Å². The zero-order valence-corrected chi connectivity index (χ0v) is 16.0. The molecule has 6 nitrogen and oxygen atoms in total. The Morgan fingerprint density at radius 2 is 1.90 bits per heavy atom. The van der Waals surface area contributed by atoms with Crippen molar-refractivity contribution in [1.29, 1.82) is 0 Å². The first-order chi connectivity index (χ1) is 14.4. The highest BCUT2D eigenvalue weighted by Gasteiger charge is 2.31. The molecule has 1 aromatic carbocycles. The minimum Gasteiger partial charge on any atom is -0.406 e. The minimum absolute atomic E-state index is 0.298. The summed E-state index contributed by atoms with van der Waals surface area (Å²) < 4.78 is 40.6. The molecule has 9 heteroatoms. The topological polar surface area (TPSA) is 76.1 Å². The van der Waals surface area contributed by atoms with E-state index in [-0.39, 0.29) is 5.75 Å². The largest absolute Gasteiger partial charge is 0.573 e. The second-order valence-corrected chi connectivity index (χ2v) is 6.31. The first kappa shape index (κ1) is 21.1. The van der Waals surface area contributed by atoms with Gasteiger partial charge in [-0.3, -0.25) is 9.78 Å². The SMILES string of the molecule is CCCNc1ncc(C(=O)Nc2ccc(OC(F)(F)F)cc2)cc1-c1cccnc1. The van der Waals surface area contributed by atoms with E-state index in [1.54, 1.807) is 24.5 Å². The number of carbonyl (C=O) groups is 1. The number of benzene rings is 1. The van der Waals surface area contributed by atoms with Crippen LogP contribution >= 0.6 is 0 Å². The average Bonchev–Trinajstić information content (AvgIpc) is 2.73. The van der Waals surface area contributed by atoms with Crippen LogP contribution in [0, 0.1) is 0 Å². The number of halogens is 3. The summed E-state index contributed by atoms with van der Waals surface area (Å²) in [7, 11) is 0. The van der Waals surface area contributed by atoms with Crippen molar-refractivity contribution in [3.05, 3.63) is 66.6 Å². The lowest BCUT2D eigenvalue weighted by Crippen LogP contribution is -2.17. The van der Waals surface area contributed by atoms with Gasteiger partial charge in [-0.15, -0.1) is 13.2 Å². The van der Waals surface area contributed by atoms with Crippen LogP contribution in [0.15, 0.2) is 61.1 Å². The van der Waals surface area contributed by atoms with Crippen LogP contribution in [0.3, 0.4) is 0 Å². The van der Waals surface area contributed by atoms with Crippen molar-refractivity contribution in [3.8, 4) is 16.9 Å². The van der Waals surface area contributed by atoms with E-state index in [0.29, 0.717) is 17.1 Å². The molecule has 0 fully saturated rings. The van der Waals surface area contributed by atoms with Crippen molar-refractivity contribution < 1.29 is 22.7 Å². The molecule has 3 aromatic rings. The fraction of sp³-hybridized carbons (Fsp3) is 0.190. The molecule has 2 heterocycles. The van der Waals surface area contributed by atoms with Gasteiger partial charge < -0.3 is 15.4 Å². The first-order valence-corrected chi connectivity index (χ1v) is 9.17. The van der Waals surface area contributed by atoms with Gasteiger partial charge in [-0.05, 0) is 42.8 Å². The Hall–Kier alpha value is -3.62. The van der Waals surface area contributed by atoms with Crippen LogP contribution in [0.25, 0.3) is 11.1 Å². The Morgan fingerprint density at radius 3 is 2.53 bits per heavy atom. The zero-order chi connectivity index (χ0) is 21.6. The molecule has 0 unspecified atom stereocenters. The molecule has 0 saturated carbocycles. The van der Waals surface area contributed by atoms with Gasteiger partial charge >= 0.3 is 6.36 Å². The lowest BCUT2D eigenvalue weighted by Gasteiger charge is -2.13. The molecule has 0 radical (unpaired) electrons. The number of alkyl halides is 3. The van der Waals surface area contributed by atoms with Crippen LogP contribution < -0.4 is 15.4 Å². The maximum Gasteiger partial charge on any atom is 0.573 e. The number of aromatic nitrogens is 2. The first-order valence-electron chi connectivity index (χ1n) is 9.17. The molecule has 0 atom stereocenters. The van der Waals surface area contributed by atoms with E-state index in [0.717, 1.165) is 36.2 Å². The smallest absolute Gasteiger partial charge is 0.406 e. The number of nitrogens with zero attached hydrogens (tertiary/aromatic N) is 2. The standard InChI is InChI=1S/C21H19F3N4O2/c1-2-9-26-19-18(14-4-3-10-25-12-14)11-15(13-27-19)20(29)28-16-5-7-17(8-6-16)30-21(22,23)24/h3-8,10-13H,2,9H2,1H3,(H,26,27)(H,28,29). The maximum absolute atomic E-state index is 12.6. The summed E-state index contributed by atoms with van der Waals surface area (Å²) in [5.41, 5.74) is 2.14. The molecule has 156 valence electrons. The molecule has 0 aliphatic carbocycles. The minimum atomic E-state index is -4.77. The predicted octanol–water partition coefficient (Wildman–Crippen LogP) is 5.12. The molecule has 0 spiro atoms. The highest BCUT2D eigenvalue weighted by molar-refractivity contribution is 6.05.